The summed E-state index contributed by atoms with van der Waals surface area (Å²) in [6, 6.07) is 14.7. The van der Waals surface area contributed by atoms with Crippen LogP contribution in [-0.4, -0.2) is 51.6 Å². The summed E-state index contributed by atoms with van der Waals surface area (Å²) >= 11 is 0. The maximum absolute atomic E-state index is 12.8. The molecule has 0 bridgehead atoms. The van der Waals surface area contributed by atoms with Crippen LogP contribution in [0.2, 0.25) is 0 Å². The minimum absolute atomic E-state index is 0.162. The Labute approximate surface area is 249 Å². The van der Waals surface area contributed by atoms with E-state index in [0.29, 0.717) is 57.0 Å². The maximum Gasteiger partial charge on any atom is 0.314 e. The Morgan fingerprint density at radius 2 is 1.19 bits per heavy atom. The molecule has 2 aromatic carbocycles. The van der Waals surface area contributed by atoms with E-state index in [2.05, 4.69) is 13.8 Å². The molecule has 5 rings (SSSR count). The summed E-state index contributed by atoms with van der Waals surface area (Å²) in [4.78, 5) is 25.6. The second-order valence-electron chi connectivity index (χ2n) is 12.3. The largest absolute Gasteiger partial charge is 0.494 e. The zero-order chi connectivity index (χ0) is 29.4. The normalized spacial score (nSPS) is 22.3. The Bertz CT molecular complexity index is 1050. The van der Waals surface area contributed by atoms with Crippen LogP contribution in [0.4, 0.5) is 0 Å². The van der Waals surface area contributed by atoms with Gasteiger partial charge in [-0.2, -0.15) is 0 Å². The molecule has 1 saturated carbocycles. The van der Waals surface area contributed by atoms with Gasteiger partial charge in [-0.15, -0.1) is 0 Å². The highest BCUT2D eigenvalue weighted by molar-refractivity contribution is 5.77. The van der Waals surface area contributed by atoms with Crippen molar-refractivity contribution >= 4 is 11.9 Å². The Hall–Kier alpha value is -2.94. The zero-order valence-corrected chi connectivity index (χ0v) is 24.9. The molecule has 2 aliphatic heterocycles. The summed E-state index contributed by atoms with van der Waals surface area (Å²) in [6.45, 7) is 9.35. The predicted octanol–water partition coefficient (Wildman–Crippen LogP) is 6.14. The minimum atomic E-state index is -0.252. The highest BCUT2D eigenvalue weighted by Gasteiger charge is 2.37. The first-order valence-electron chi connectivity index (χ1n) is 15.4. The molecule has 3 fully saturated rings. The molecule has 1 aliphatic carbocycles. The van der Waals surface area contributed by atoms with Gasteiger partial charge >= 0.3 is 11.9 Å². The van der Waals surface area contributed by atoms with Gasteiger partial charge in [0.1, 0.15) is 17.2 Å². The molecule has 42 heavy (non-hydrogen) atoms. The van der Waals surface area contributed by atoms with Crippen LogP contribution in [0.25, 0.3) is 0 Å². The van der Waals surface area contributed by atoms with Crippen molar-refractivity contribution in [2.45, 2.75) is 65.4 Å². The summed E-state index contributed by atoms with van der Waals surface area (Å²) in [6.07, 6.45) is 5.51. The third-order valence-electron chi connectivity index (χ3n) is 9.29. The zero-order valence-electron chi connectivity index (χ0n) is 24.9. The molecule has 2 saturated heterocycles. The van der Waals surface area contributed by atoms with E-state index in [1.165, 1.54) is 0 Å². The minimum Gasteiger partial charge on any atom is -0.494 e. The van der Waals surface area contributed by atoms with E-state index in [-0.39, 0.29) is 34.6 Å². The van der Waals surface area contributed by atoms with Gasteiger partial charge in [0, 0.05) is 10.8 Å². The predicted molar refractivity (Wildman–Crippen MR) is 156 cm³/mol. The van der Waals surface area contributed by atoms with Crippen LogP contribution < -0.4 is 14.2 Å². The maximum atomic E-state index is 12.8. The van der Waals surface area contributed by atoms with Crippen molar-refractivity contribution in [1.29, 1.82) is 0 Å². The Morgan fingerprint density at radius 3 is 1.64 bits per heavy atom. The Kier molecular flexibility index (Phi) is 10.2. The first-order chi connectivity index (χ1) is 20.4. The molecule has 0 aromatic heterocycles. The molecule has 0 radical (unpaired) electrons. The van der Waals surface area contributed by atoms with Gasteiger partial charge in [-0.25, -0.2) is 0 Å². The van der Waals surface area contributed by atoms with Crippen LogP contribution >= 0.6 is 0 Å². The van der Waals surface area contributed by atoms with Crippen molar-refractivity contribution in [3.8, 4) is 17.2 Å². The average Bonchev–Trinajstić information content (AvgIpc) is 2.97. The van der Waals surface area contributed by atoms with E-state index < -0.39 is 0 Å². The molecule has 0 N–H and O–H groups in total. The molecule has 0 atom stereocenters. The number of rotatable bonds is 14. The van der Waals surface area contributed by atoms with E-state index in [4.69, 9.17) is 28.4 Å². The molecular formula is C34H44O8. The standard InChI is InChI=1S/C34H44O8/c1-3-33(20-38-21-33)17-18-40-28-13-15-30(16-14-28)42-32(36)27-9-7-26(8-10-27)31(35)41-29-11-5-25(6-12-29)19-37-22-34(4-2)23-39-24-34/h5-6,11-16,26-27H,3-4,7-10,17-24H2,1-2H3. The van der Waals surface area contributed by atoms with Crippen molar-refractivity contribution in [3.63, 3.8) is 0 Å². The van der Waals surface area contributed by atoms with Crippen LogP contribution in [0.5, 0.6) is 17.2 Å². The summed E-state index contributed by atoms with van der Waals surface area (Å²) < 4.78 is 33.8. The van der Waals surface area contributed by atoms with Gasteiger partial charge in [0.2, 0.25) is 0 Å². The van der Waals surface area contributed by atoms with E-state index in [0.717, 1.165) is 57.0 Å². The van der Waals surface area contributed by atoms with Crippen molar-refractivity contribution in [2.24, 2.45) is 22.7 Å². The fourth-order valence-corrected chi connectivity index (χ4v) is 5.69. The van der Waals surface area contributed by atoms with Crippen molar-refractivity contribution in [1.82, 2.24) is 0 Å². The summed E-state index contributed by atoms with van der Waals surface area (Å²) in [5, 5.41) is 0. The fourth-order valence-electron chi connectivity index (χ4n) is 5.69. The number of carbonyl (C=O) groups is 2. The molecule has 2 aromatic rings. The number of carbonyl (C=O) groups excluding carboxylic acids is 2. The van der Waals surface area contributed by atoms with Crippen LogP contribution in [0.1, 0.15) is 64.4 Å². The van der Waals surface area contributed by atoms with Gasteiger partial charge in [-0.05, 0) is 86.9 Å². The third kappa shape index (κ3) is 7.71. The second kappa shape index (κ2) is 14.0. The van der Waals surface area contributed by atoms with Crippen LogP contribution in [0.3, 0.4) is 0 Å². The number of ether oxygens (including phenoxy) is 6. The molecule has 8 heteroatoms. The van der Waals surface area contributed by atoms with Crippen molar-refractivity contribution in [2.75, 3.05) is 39.6 Å². The Morgan fingerprint density at radius 1 is 0.714 bits per heavy atom. The lowest BCUT2D eigenvalue weighted by Crippen LogP contribution is -2.45. The summed E-state index contributed by atoms with van der Waals surface area (Å²) in [5.74, 6) is 0.843. The molecule has 3 aliphatic rings. The third-order valence-corrected chi connectivity index (χ3v) is 9.29. The molecular weight excluding hydrogens is 536 g/mol. The van der Waals surface area contributed by atoms with Gasteiger partial charge < -0.3 is 28.4 Å². The monoisotopic (exact) mass is 580 g/mol. The molecule has 0 amide bonds. The smallest absolute Gasteiger partial charge is 0.314 e. The topological polar surface area (TPSA) is 89.5 Å². The number of hydrogen-bond donors (Lipinski definition) is 0. The average molecular weight is 581 g/mol. The molecule has 0 spiro atoms. The first-order valence-corrected chi connectivity index (χ1v) is 15.4. The SMILES string of the molecule is CCC1(CCOc2ccc(OC(=O)C3CCC(C(=O)Oc4ccc(COCC5(CC)COC5)cc4)CC3)cc2)COC1. The second-order valence-corrected chi connectivity index (χ2v) is 12.3. The highest BCUT2D eigenvalue weighted by Crippen LogP contribution is 2.35. The molecule has 2 heterocycles. The van der Waals surface area contributed by atoms with Crippen LogP contribution in [0.15, 0.2) is 48.5 Å². The van der Waals surface area contributed by atoms with Crippen LogP contribution in [-0.2, 0) is 30.4 Å². The lowest BCUT2D eigenvalue weighted by atomic mass is 9.80. The fraction of sp³-hybridized carbons (Fsp3) is 0.588. The van der Waals surface area contributed by atoms with Crippen LogP contribution in [0, 0.1) is 22.7 Å². The van der Waals surface area contributed by atoms with Gasteiger partial charge in [-0.1, -0.05) is 26.0 Å². The van der Waals surface area contributed by atoms with E-state index >= 15 is 0 Å². The molecule has 228 valence electrons. The van der Waals surface area contributed by atoms with Crippen molar-refractivity contribution in [3.05, 3.63) is 54.1 Å². The molecule has 8 nitrogen and oxygen atoms in total. The Balaban J connectivity index is 0.989. The molecule has 0 unspecified atom stereocenters. The highest BCUT2D eigenvalue weighted by atomic mass is 16.5. The van der Waals surface area contributed by atoms with Gasteiger partial charge in [0.05, 0.1) is 58.1 Å². The lowest BCUT2D eigenvalue weighted by molar-refractivity contribution is -0.152. The number of benzene rings is 2. The number of hydrogen-bond acceptors (Lipinski definition) is 8. The summed E-state index contributed by atoms with van der Waals surface area (Å²) in [5.41, 5.74) is 1.46. The number of esters is 2. The lowest BCUT2D eigenvalue weighted by Gasteiger charge is -2.40. The quantitative estimate of drug-likeness (QED) is 0.194. The summed E-state index contributed by atoms with van der Waals surface area (Å²) in [7, 11) is 0. The first kappa shape index (κ1) is 30.5. The van der Waals surface area contributed by atoms with Gasteiger partial charge in [0.15, 0.2) is 0 Å². The van der Waals surface area contributed by atoms with Gasteiger partial charge in [-0.3, -0.25) is 9.59 Å². The van der Waals surface area contributed by atoms with E-state index in [9.17, 15) is 9.59 Å². The van der Waals surface area contributed by atoms with E-state index in [1.54, 1.807) is 12.1 Å². The van der Waals surface area contributed by atoms with Gasteiger partial charge in [0.25, 0.3) is 0 Å². The van der Waals surface area contributed by atoms with E-state index in [1.807, 2.05) is 36.4 Å². The van der Waals surface area contributed by atoms with Crippen molar-refractivity contribution < 1.29 is 38.0 Å².